The van der Waals surface area contributed by atoms with Gasteiger partial charge in [0.05, 0.1) is 6.54 Å². The number of benzene rings is 1. The van der Waals surface area contributed by atoms with Crippen LogP contribution in [0.25, 0.3) is 0 Å². The number of hydrogen-bond donors (Lipinski definition) is 2. The third-order valence-corrected chi connectivity index (χ3v) is 5.05. The fraction of sp³-hybridized carbons (Fsp3) is 0.474. The van der Waals surface area contributed by atoms with Crippen LogP contribution in [0.15, 0.2) is 24.3 Å². The van der Waals surface area contributed by atoms with Crippen LogP contribution in [0.2, 0.25) is 0 Å². The summed E-state index contributed by atoms with van der Waals surface area (Å²) in [6, 6.07) is 3.78. The average molecular weight is 390 g/mol. The van der Waals surface area contributed by atoms with Crippen LogP contribution < -0.4 is 10.6 Å². The molecule has 0 spiro atoms. The fourth-order valence-electron chi connectivity index (χ4n) is 3.55. The predicted molar refractivity (Wildman–Crippen MR) is 97.7 cm³/mol. The Morgan fingerprint density at radius 2 is 2.04 bits per heavy atom. The van der Waals surface area contributed by atoms with Crippen LogP contribution in [-0.2, 0) is 14.4 Å². The van der Waals surface area contributed by atoms with E-state index in [9.17, 15) is 23.6 Å². The van der Waals surface area contributed by atoms with Crippen molar-refractivity contribution in [2.45, 2.75) is 31.8 Å². The van der Waals surface area contributed by atoms with E-state index in [1.54, 1.807) is 0 Å². The van der Waals surface area contributed by atoms with E-state index in [1.807, 2.05) is 0 Å². The molecule has 0 aliphatic carbocycles. The number of carbonyl (C=O) groups is 4. The lowest BCUT2D eigenvalue weighted by Crippen LogP contribution is -2.63. The van der Waals surface area contributed by atoms with Gasteiger partial charge in [0.15, 0.2) is 0 Å². The SMILES string of the molecule is CC(=O)N1CCN(C(=O)c2cccc(F)c2)C[C@H]1C(=O)N[C@@H]1CCCNC1=O. The number of halogens is 1. The zero-order valence-corrected chi connectivity index (χ0v) is 15.6. The minimum absolute atomic E-state index is 0.0188. The monoisotopic (exact) mass is 390 g/mol. The molecule has 2 aliphatic rings. The largest absolute Gasteiger partial charge is 0.354 e. The molecule has 2 aliphatic heterocycles. The number of piperazine rings is 1. The summed E-state index contributed by atoms with van der Waals surface area (Å²) in [4.78, 5) is 52.2. The van der Waals surface area contributed by atoms with E-state index in [-0.39, 0.29) is 37.0 Å². The standard InChI is InChI=1S/C19H23FN4O4/c1-12(25)24-9-8-23(19(28)13-4-2-5-14(20)10-13)11-16(24)18(27)22-15-6-3-7-21-17(15)26/h2,4-5,10,15-16H,3,6-9,11H2,1H3,(H,21,26)(H,22,27)/t15-,16+/m1/s1. The third kappa shape index (κ3) is 4.29. The summed E-state index contributed by atoms with van der Waals surface area (Å²) in [5, 5.41) is 5.38. The molecule has 0 radical (unpaired) electrons. The molecule has 0 aromatic heterocycles. The Kier molecular flexibility index (Phi) is 5.91. The summed E-state index contributed by atoms with van der Waals surface area (Å²) >= 11 is 0. The normalized spacial score (nSPS) is 22.4. The lowest BCUT2D eigenvalue weighted by atomic mass is 10.0. The zero-order chi connectivity index (χ0) is 20.3. The van der Waals surface area contributed by atoms with Gasteiger partial charge in [-0.2, -0.15) is 0 Å². The van der Waals surface area contributed by atoms with Crippen LogP contribution in [-0.4, -0.2) is 71.7 Å². The molecule has 3 rings (SSSR count). The van der Waals surface area contributed by atoms with Gasteiger partial charge >= 0.3 is 0 Å². The lowest BCUT2D eigenvalue weighted by Gasteiger charge is -2.40. The van der Waals surface area contributed by atoms with Crippen LogP contribution in [0.1, 0.15) is 30.1 Å². The Morgan fingerprint density at radius 1 is 1.25 bits per heavy atom. The molecule has 2 fully saturated rings. The average Bonchev–Trinajstić information content (AvgIpc) is 2.68. The summed E-state index contributed by atoms with van der Waals surface area (Å²) in [5.74, 6) is -1.95. The van der Waals surface area contributed by atoms with Crippen molar-refractivity contribution in [3.8, 4) is 0 Å². The molecule has 0 saturated carbocycles. The van der Waals surface area contributed by atoms with Crippen LogP contribution in [0.5, 0.6) is 0 Å². The van der Waals surface area contributed by atoms with Crippen molar-refractivity contribution in [1.82, 2.24) is 20.4 Å². The Morgan fingerprint density at radius 3 is 2.71 bits per heavy atom. The summed E-state index contributed by atoms with van der Waals surface area (Å²) in [6.45, 7) is 2.34. The minimum atomic E-state index is -0.904. The molecule has 1 aromatic rings. The number of carbonyl (C=O) groups excluding carboxylic acids is 4. The molecule has 4 amide bonds. The number of hydrogen-bond acceptors (Lipinski definition) is 4. The van der Waals surface area contributed by atoms with Gasteiger partial charge in [0.2, 0.25) is 17.7 Å². The van der Waals surface area contributed by atoms with E-state index in [0.29, 0.717) is 13.0 Å². The van der Waals surface area contributed by atoms with Crippen LogP contribution in [0, 0.1) is 5.82 Å². The van der Waals surface area contributed by atoms with Crippen molar-refractivity contribution in [3.05, 3.63) is 35.6 Å². The smallest absolute Gasteiger partial charge is 0.254 e. The van der Waals surface area contributed by atoms with Gasteiger partial charge in [0.25, 0.3) is 5.91 Å². The molecule has 2 saturated heterocycles. The first-order chi connectivity index (χ1) is 13.4. The van der Waals surface area contributed by atoms with Gasteiger partial charge in [-0.25, -0.2) is 4.39 Å². The highest BCUT2D eigenvalue weighted by atomic mass is 19.1. The minimum Gasteiger partial charge on any atom is -0.354 e. The molecular formula is C19H23FN4O4. The van der Waals surface area contributed by atoms with Crippen LogP contribution in [0.4, 0.5) is 4.39 Å². The fourth-order valence-corrected chi connectivity index (χ4v) is 3.55. The Hall–Kier alpha value is -2.97. The molecule has 2 heterocycles. The summed E-state index contributed by atoms with van der Waals surface area (Å²) in [6.07, 6.45) is 1.28. The molecular weight excluding hydrogens is 367 g/mol. The third-order valence-electron chi connectivity index (χ3n) is 5.05. The van der Waals surface area contributed by atoms with Gasteiger partial charge in [0.1, 0.15) is 17.9 Å². The summed E-state index contributed by atoms with van der Waals surface area (Å²) in [5.41, 5.74) is 0.182. The molecule has 150 valence electrons. The van der Waals surface area contributed by atoms with E-state index in [0.717, 1.165) is 12.5 Å². The lowest BCUT2D eigenvalue weighted by molar-refractivity contribution is -0.143. The number of amides is 4. The van der Waals surface area contributed by atoms with Gasteiger partial charge in [0, 0.05) is 32.1 Å². The van der Waals surface area contributed by atoms with Gasteiger partial charge in [-0.1, -0.05) is 6.07 Å². The zero-order valence-electron chi connectivity index (χ0n) is 15.6. The molecule has 2 N–H and O–H groups in total. The Labute approximate surface area is 162 Å². The molecule has 0 bridgehead atoms. The second-order valence-corrected chi connectivity index (χ2v) is 6.98. The van der Waals surface area contributed by atoms with E-state index < -0.39 is 29.7 Å². The van der Waals surface area contributed by atoms with Crippen molar-refractivity contribution in [2.75, 3.05) is 26.2 Å². The van der Waals surface area contributed by atoms with Gasteiger partial charge < -0.3 is 20.4 Å². The molecule has 8 nitrogen and oxygen atoms in total. The highest BCUT2D eigenvalue weighted by molar-refractivity contribution is 5.96. The summed E-state index contributed by atoms with van der Waals surface area (Å²) < 4.78 is 13.4. The van der Waals surface area contributed by atoms with Gasteiger partial charge in [-0.05, 0) is 31.0 Å². The van der Waals surface area contributed by atoms with Crippen LogP contribution in [0.3, 0.4) is 0 Å². The highest BCUT2D eigenvalue weighted by Gasteiger charge is 2.37. The maximum Gasteiger partial charge on any atom is 0.254 e. The van der Waals surface area contributed by atoms with E-state index in [4.69, 9.17) is 0 Å². The van der Waals surface area contributed by atoms with Crippen LogP contribution >= 0.6 is 0 Å². The number of rotatable bonds is 3. The summed E-state index contributed by atoms with van der Waals surface area (Å²) in [7, 11) is 0. The number of nitrogens with one attached hydrogen (secondary N) is 2. The maximum absolute atomic E-state index is 13.4. The van der Waals surface area contributed by atoms with Gasteiger partial charge in [-0.15, -0.1) is 0 Å². The van der Waals surface area contributed by atoms with E-state index in [2.05, 4.69) is 10.6 Å². The highest BCUT2D eigenvalue weighted by Crippen LogP contribution is 2.16. The second-order valence-electron chi connectivity index (χ2n) is 6.98. The van der Waals surface area contributed by atoms with E-state index in [1.165, 1.54) is 34.9 Å². The molecule has 28 heavy (non-hydrogen) atoms. The molecule has 1 aromatic carbocycles. The molecule has 9 heteroatoms. The number of piperidine rings is 1. The van der Waals surface area contributed by atoms with Crippen molar-refractivity contribution < 1.29 is 23.6 Å². The Bertz CT molecular complexity index is 800. The first kappa shape index (κ1) is 19.8. The van der Waals surface area contributed by atoms with E-state index >= 15 is 0 Å². The molecule has 0 unspecified atom stereocenters. The van der Waals surface area contributed by atoms with Gasteiger partial charge in [-0.3, -0.25) is 19.2 Å². The predicted octanol–water partition coefficient (Wildman–Crippen LogP) is -0.107. The van der Waals surface area contributed by atoms with Crippen molar-refractivity contribution in [3.63, 3.8) is 0 Å². The molecule has 2 atom stereocenters. The van der Waals surface area contributed by atoms with Crippen molar-refractivity contribution >= 4 is 23.6 Å². The maximum atomic E-state index is 13.4. The first-order valence-electron chi connectivity index (χ1n) is 9.27. The van der Waals surface area contributed by atoms with Crippen molar-refractivity contribution in [2.24, 2.45) is 0 Å². The Balaban J connectivity index is 1.74. The topological polar surface area (TPSA) is 98.8 Å². The first-order valence-corrected chi connectivity index (χ1v) is 9.27. The second kappa shape index (κ2) is 8.37. The number of nitrogens with zero attached hydrogens (tertiary/aromatic N) is 2. The van der Waals surface area contributed by atoms with Crippen molar-refractivity contribution in [1.29, 1.82) is 0 Å². The quantitative estimate of drug-likeness (QED) is 0.753.